The average Bonchev–Trinajstić information content (AvgIpc) is 2.74. The number of rotatable bonds is 4. The van der Waals surface area contributed by atoms with Crippen molar-refractivity contribution in [3.05, 3.63) is 41.0 Å². The Kier molecular flexibility index (Phi) is 3.70. The van der Waals surface area contributed by atoms with Crippen molar-refractivity contribution in [1.29, 1.82) is 0 Å². The van der Waals surface area contributed by atoms with Crippen molar-refractivity contribution >= 4 is 11.3 Å². The smallest absolute Gasteiger partial charge is 0.0947 e. The second kappa shape index (κ2) is 5.23. The van der Waals surface area contributed by atoms with Crippen molar-refractivity contribution in [1.82, 2.24) is 4.98 Å². The Morgan fingerprint density at radius 1 is 1.25 bits per heavy atom. The third-order valence-electron chi connectivity index (χ3n) is 2.47. The molecular formula is C13H16N2S. The Bertz CT molecular complexity index is 448. The molecule has 2 aromatic rings. The van der Waals surface area contributed by atoms with Gasteiger partial charge in [-0.15, -0.1) is 11.3 Å². The Morgan fingerprint density at radius 3 is 2.62 bits per heavy atom. The molecule has 0 radical (unpaired) electrons. The quantitative estimate of drug-likeness (QED) is 0.880. The highest BCUT2D eigenvalue weighted by molar-refractivity contribution is 7.15. The number of aryl methyl sites for hydroxylation is 1. The molecule has 0 amide bonds. The Morgan fingerprint density at radius 2 is 2.00 bits per heavy atom. The van der Waals surface area contributed by atoms with Crippen LogP contribution in [0.25, 0.3) is 10.4 Å². The van der Waals surface area contributed by atoms with Crippen molar-refractivity contribution in [3.63, 3.8) is 0 Å². The highest BCUT2D eigenvalue weighted by Gasteiger charge is 2.10. The van der Waals surface area contributed by atoms with Gasteiger partial charge in [0, 0.05) is 6.42 Å². The van der Waals surface area contributed by atoms with Crippen LogP contribution in [0.15, 0.2) is 30.3 Å². The monoisotopic (exact) mass is 232 g/mol. The summed E-state index contributed by atoms with van der Waals surface area (Å²) in [5.41, 5.74) is 8.02. The third kappa shape index (κ3) is 2.31. The van der Waals surface area contributed by atoms with E-state index < -0.39 is 0 Å². The van der Waals surface area contributed by atoms with E-state index >= 15 is 0 Å². The van der Waals surface area contributed by atoms with Gasteiger partial charge in [0.2, 0.25) is 0 Å². The minimum Gasteiger partial charge on any atom is -0.330 e. The topological polar surface area (TPSA) is 38.9 Å². The minimum atomic E-state index is 0.672. The zero-order chi connectivity index (χ0) is 11.4. The SMILES string of the molecule is CCc1nc(CCN)sc1-c1ccccc1. The van der Waals surface area contributed by atoms with Gasteiger partial charge in [0.15, 0.2) is 0 Å². The van der Waals surface area contributed by atoms with E-state index in [0.717, 1.165) is 17.8 Å². The molecular weight excluding hydrogens is 216 g/mol. The van der Waals surface area contributed by atoms with E-state index in [4.69, 9.17) is 5.73 Å². The van der Waals surface area contributed by atoms with Crippen LogP contribution in [-0.2, 0) is 12.8 Å². The first-order valence-corrected chi connectivity index (χ1v) is 6.41. The first-order chi connectivity index (χ1) is 7.85. The summed E-state index contributed by atoms with van der Waals surface area (Å²) in [6.07, 6.45) is 1.86. The van der Waals surface area contributed by atoms with Crippen LogP contribution in [0.4, 0.5) is 0 Å². The first kappa shape index (κ1) is 11.3. The lowest BCUT2D eigenvalue weighted by molar-refractivity contribution is 0.931. The fourth-order valence-electron chi connectivity index (χ4n) is 1.69. The van der Waals surface area contributed by atoms with Crippen LogP contribution in [0.2, 0.25) is 0 Å². The van der Waals surface area contributed by atoms with Crippen LogP contribution >= 0.6 is 11.3 Å². The van der Waals surface area contributed by atoms with Gasteiger partial charge in [-0.1, -0.05) is 37.3 Å². The van der Waals surface area contributed by atoms with Gasteiger partial charge in [-0.05, 0) is 18.5 Å². The maximum absolute atomic E-state index is 5.57. The molecule has 84 valence electrons. The summed E-state index contributed by atoms with van der Waals surface area (Å²) in [6, 6.07) is 10.4. The Labute approximate surface area is 100 Å². The number of thiazole rings is 1. The second-order valence-corrected chi connectivity index (χ2v) is 4.73. The van der Waals surface area contributed by atoms with Crippen molar-refractivity contribution in [2.75, 3.05) is 6.54 Å². The third-order valence-corrected chi connectivity index (χ3v) is 3.68. The molecule has 0 spiro atoms. The molecule has 0 saturated heterocycles. The molecule has 0 atom stereocenters. The van der Waals surface area contributed by atoms with E-state index in [1.165, 1.54) is 16.1 Å². The fraction of sp³-hybridized carbons (Fsp3) is 0.308. The number of nitrogens with two attached hydrogens (primary N) is 1. The Balaban J connectivity index is 2.39. The zero-order valence-electron chi connectivity index (χ0n) is 9.44. The number of nitrogens with zero attached hydrogens (tertiary/aromatic N) is 1. The molecule has 0 unspecified atom stereocenters. The molecule has 2 rings (SSSR count). The molecule has 16 heavy (non-hydrogen) atoms. The van der Waals surface area contributed by atoms with Crippen LogP contribution in [0.1, 0.15) is 17.6 Å². The van der Waals surface area contributed by atoms with Gasteiger partial charge in [0.25, 0.3) is 0 Å². The van der Waals surface area contributed by atoms with E-state index in [1.807, 2.05) is 6.07 Å². The molecule has 0 fully saturated rings. The molecule has 2 nitrogen and oxygen atoms in total. The van der Waals surface area contributed by atoms with Crippen molar-refractivity contribution in [3.8, 4) is 10.4 Å². The molecule has 0 aliphatic heterocycles. The summed E-state index contributed by atoms with van der Waals surface area (Å²) in [4.78, 5) is 5.93. The van der Waals surface area contributed by atoms with E-state index in [0.29, 0.717) is 6.54 Å². The predicted octanol–water partition coefficient (Wildman–Crippen LogP) is 2.87. The van der Waals surface area contributed by atoms with Gasteiger partial charge < -0.3 is 5.73 Å². The van der Waals surface area contributed by atoms with Crippen molar-refractivity contribution in [2.45, 2.75) is 19.8 Å². The molecule has 2 N–H and O–H groups in total. The van der Waals surface area contributed by atoms with Gasteiger partial charge in [-0.2, -0.15) is 0 Å². The normalized spacial score (nSPS) is 10.6. The number of hydrogen-bond acceptors (Lipinski definition) is 3. The fourth-order valence-corrected chi connectivity index (χ4v) is 2.86. The van der Waals surface area contributed by atoms with Crippen LogP contribution < -0.4 is 5.73 Å². The maximum atomic E-state index is 5.57. The molecule has 1 aromatic carbocycles. The molecule has 1 heterocycles. The van der Waals surface area contributed by atoms with Crippen LogP contribution in [0.5, 0.6) is 0 Å². The van der Waals surface area contributed by atoms with Gasteiger partial charge in [0.05, 0.1) is 15.6 Å². The van der Waals surface area contributed by atoms with Crippen molar-refractivity contribution < 1.29 is 0 Å². The standard InChI is InChI=1S/C13H16N2S/c1-2-11-13(10-6-4-3-5-7-10)16-12(15-11)8-9-14/h3-7H,2,8-9,14H2,1H3. The van der Waals surface area contributed by atoms with Crippen LogP contribution in [0.3, 0.4) is 0 Å². The molecule has 3 heteroatoms. The maximum Gasteiger partial charge on any atom is 0.0947 e. The summed E-state index contributed by atoms with van der Waals surface area (Å²) in [7, 11) is 0. The van der Waals surface area contributed by atoms with Gasteiger partial charge in [-0.25, -0.2) is 4.98 Å². The number of hydrogen-bond donors (Lipinski definition) is 1. The molecule has 0 aliphatic rings. The molecule has 1 aromatic heterocycles. The molecule has 0 bridgehead atoms. The first-order valence-electron chi connectivity index (χ1n) is 5.59. The van der Waals surface area contributed by atoms with Gasteiger partial charge >= 0.3 is 0 Å². The lowest BCUT2D eigenvalue weighted by Crippen LogP contribution is -2.02. The molecule has 0 aliphatic carbocycles. The van der Waals surface area contributed by atoms with Crippen LogP contribution in [0, 0.1) is 0 Å². The summed E-state index contributed by atoms with van der Waals surface area (Å²) in [5, 5.41) is 1.15. The average molecular weight is 232 g/mol. The van der Waals surface area contributed by atoms with E-state index in [2.05, 4.69) is 36.2 Å². The second-order valence-electron chi connectivity index (χ2n) is 3.64. The lowest BCUT2D eigenvalue weighted by atomic mass is 10.1. The summed E-state index contributed by atoms with van der Waals surface area (Å²) < 4.78 is 0. The zero-order valence-corrected chi connectivity index (χ0v) is 10.3. The summed E-state index contributed by atoms with van der Waals surface area (Å²) in [6.45, 7) is 2.82. The van der Waals surface area contributed by atoms with Gasteiger partial charge in [0.1, 0.15) is 0 Å². The highest BCUT2D eigenvalue weighted by atomic mass is 32.1. The lowest BCUT2D eigenvalue weighted by Gasteiger charge is -1.98. The van der Waals surface area contributed by atoms with E-state index in [-0.39, 0.29) is 0 Å². The van der Waals surface area contributed by atoms with E-state index in [1.54, 1.807) is 11.3 Å². The van der Waals surface area contributed by atoms with E-state index in [9.17, 15) is 0 Å². The van der Waals surface area contributed by atoms with Gasteiger partial charge in [-0.3, -0.25) is 0 Å². The molecule has 0 saturated carbocycles. The highest BCUT2D eigenvalue weighted by Crippen LogP contribution is 2.30. The van der Waals surface area contributed by atoms with Crippen molar-refractivity contribution in [2.24, 2.45) is 5.73 Å². The minimum absolute atomic E-state index is 0.672. The Hall–Kier alpha value is -1.19. The largest absolute Gasteiger partial charge is 0.330 e. The predicted molar refractivity (Wildman–Crippen MR) is 69.7 cm³/mol. The summed E-state index contributed by atoms with van der Waals surface area (Å²) >= 11 is 1.77. The summed E-state index contributed by atoms with van der Waals surface area (Å²) in [5.74, 6) is 0. The number of aromatic nitrogens is 1. The van der Waals surface area contributed by atoms with Crippen LogP contribution in [-0.4, -0.2) is 11.5 Å². The number of benzene rings is 1.